The molecule has 0 N–H and O–H groups in total. The number of rotatable bonds is 2. The SMILES string of the molecule is Cc1cccc(N2CCC(C(=O)N(C)C(C)(C)C)CC2)n1. The van der Waals surface area contributed by atoms with Crippen LogP contribution in [-0.4, -0.2) is 41.5 Å². The minimum atomic E-state index is -0.105. The molecule has 1 fully saturated rings. The van der Waals surface area contributed by atoms with E-state index in [9.17, 15) is 4.79 Å². The monoisotopic (exact) mass is 289 g/mol. The molecule has 0 bridgehead atoms. The summed E-state index contributed by atoms with van der Waals surface area (Å²) >= 11 is 0. The molecule has 0 atom stereocenters. The lowest BCUT2D eigenvalue weighted by Gasteiger charge is -2.38. The maximum absolute atomic E-state index is 12.5. The van der Waals surface area contributed by atoms with Crippen LogP contribution in [0.1, 0.15) is 39.3 Å². The molecule has 1 aliphatic heterocycles. The van der Waals surface area contributed by atoms with E-state index in [0.29, 0.717) is 0 Å². The van der Waals surface area contributed by atoms with E-state index in [1.165, 1.54) is 0 Å². The molecule has 0 radical (unpaired) electrons. The molecule has 0 unspecified atom stereocenters. The second-order valence-corrected chi connectivity index (χ2v) is 6.97. The minimum absolute atomic E-state index is 0.105. The van der Waals surface area contributed by atoms with Crippen LogP contribution < -0.4 is 4.90 Å². The average Bonchev–Trinajstić information content (AvgIpc) is 2.45. The molecule has 0 aliphatic carbocycles. The highest BCUT2D eigenvalue weighted by atomic mass is 16.2. The van der Waals surface area contributed by atoms with Crippen molar-refractivity contribution in [2.45, 2.75) is 46.1 Å². The van der Waals surface area contributed by atoms with E-state index in [0.717, 1.165) is 37.4 Å². The van der Waals surface area contributed by atoms with Gasteiger partial charge in [0, 0.05) is 37.3 Å². The summed E-state index contributed by atoms with van der Waals surface area (Å²) in [5.74, 6) is 1.46. The maximum atomic E-state index is 12.5. The summed E-state index contributed by atoms with van der Waals surface area (Å²) < 4.78 is 0. The molecule has 1 saturated heterocycles. The molecule has 1 aliphatic rings. The fourth-order valence-corrected chi connectivity index (χ4v) is 2.66. The first kappa shape index (κ1) is 15.8. The first-order chi connectivity index (χ1) is 9.79. The van der Waals surface area contributed by atoms with Gasteiger partial charge < -0.3 is 9.80 Å². The first-order valence-corrected chi connectivity index (χ1v) is 7.75. The lowest BCUT2D eigenvalue weighted by atomic mass is 9.93. The van der Waals surface area contributed by atoms with Gasteiger partial charge in [-0.2, -0.15) is 0 Å². The molecule has 4 nitrogen and oxygen atoms in total. The second-order valence-electron chi connectivity index (χ2n) is 6.97. The summed E-state index contributed by atoms with van der Waals surface area (Å²) in [5.41, 5.74) is 0.935. The molecule has 0 saturated carbocycles. The number of carbonyl (C=O) groups excluding carboxylic acids is 1. The van der Waals surface area contributed by atoms with E-state index in [1.54, 1.807) is 0 Å². The second kappa shape index (κ2) is 6.04. The van der Waals surface area contributed by atoms with Crippen molar-refractivity contribution < 1.29 is 4.79 Å². The summed E-state index contributed by atoms with van der Waals surface area (Å²) in [6, 6.07) is 6.11. The van der Waals surface area contributed by atoms with Crippen molar-refractivity contribution in [3.63, 3.8) is 0 Å². The number of nitrogens with zero attached hydrogens (tertiary/aromatic N) is 3. The lowest BCUT2D eigenvalue weighted by molar-refractivity contribution is -0.139. The maximum Gasteiger partial charge on any atom is 0.225 e. The number of aromatic nitrogens is 1. The lowest BCUT2D eigenvalue weighted by Crippen LogP contribution is -2.48. The van der Waals surface area contributed by atoms with E-state index < -0.39 is 0 Å². The van der Waals surface area contributed by atoms with Gasteiger partial charge in [-0.1, -0.05) is 6.07 Å². The number of piperidine rings is 1. The van der Waals surface area contributed by atoms with Gasteiger partial charge in [0.15, 0.2) is 0 Å². The molecule has 2 heterocycles. The third kappa shape index (κ3) is 3.74. The van der Waals surface area contributed by atoms with Gasteiger partial charge in [0.1, 0.15) is 5.82 Å². The zero-order chi connectivity index (χ0) is 15.6. The van der Waals surface area contributed by atoms with E-state index >= 15 is 0 Å². The van der Waals surface area contributed by atoms with Crippen LogP contribution in [0, 0.1) is 12.8 Å². The highest BCUT2D eigenvalue weighted by Gasteiger charge is 2.31. The number of hydrogen-bond acceptors (Lipinski definition) is 3. The van der Waals surface area contributed by atoms with Crippen molar-refractivity contribution in [2.75, 3.05) is 25.0 Å². The van der Waals surface area contributed by atoms with Crippen LogP contribution in [-0.2, 0) is 4.79 Å². The quantitative estimate of drug-likeness (QED) is 0.840. The standard InChI is InChI=1S/C17H27N3O/c1-13-7-6-8-15(18-13)20-11-9-14(10-12-20)16(21)19(5)17(2,3)4/h6-8,14H,9-12H2,1-5H3. The van der Waals surface area contributed by atoms with Crippen molar-refractivity contribution in [2.24, 2.45) is 5.92 Å². The molecule has 2 rings (SSSR count). The van der Waals surface area contributed by atoms with Crippen LogP contribution in [0.2, 0.25) is 0 Å². The van der Waals surface area contributed by atoms with Crippen molar-refractivity contribution in [1.29, 1.82) is 0 Å². The van der Waals surface area contributed by atoms with Gasteiger partial charge >= 0.3 is 0 Å². The van der Waals surface area contributed by atoms with E-state index in [1.807, 2.05) is 31.0 Å². The minimum Gasteiger partial charge on any atom is -0.357 e. The molecule has 1 aromatic rings. The molecular formula is C17H27N3O. The molecule has 21 heavy (non-hydrogen) atoms. The number of hydrogen-bond donors (Lipinski definition) is 0. The Morgan fingerprint density at radius 2 is 1.90 bits per heavy atom. The van der Waals surface area contributed by atoms with Crippen LogP contribution in [0.25, 0.3) is 0 Å². The van der Waals surface area contributed by atoms with Crippen LogP contribution in [0.5, 0.6) is 0 Å². The predicted octanol–water partition coefficient (Wildman–Crippen LogP) is 2.86. The van der Waals surface area contributed by atoms with Gasteiger partial charge in [-0.25, -0.2) is 4.98 Å². The third-order valence-corrected chi connectivity index (χ3v) is 4.38. The Bertz CT molecular complexity index is 499. The van der Waals surface area contributed by atoms with Gasteiger partial charge in [0.25, 0.3) is 0 Å². The van der Waals surface area contributed by atoms with Crippen molar-refractivity contribution in [3.05, 3.63) is 23.9 Å². The summed E-state index contributed by atoms with van der Waals surface area (Å²) in [7, 11) is 1.91. The Morgan fingerprint density at radius 1 is 1.29 bits per heavy atom. The van der Waals surface area contributed by atoms with E-state index in [2.05, 4.69) is 36.7 Å². The highest BCUT2D eigenvalue weighted by Crippen LogP contribution is 2.25. The van der Waals surface area contributed by atoms with E-state index in [4.69, 9.17) is 0 Å². The summed E-state index contributed by atoms with van der Waals surface area (Å²) in [6.45, 7) is 10.1. The van der Waals surface area contributed by atoms with Crippen LogP contribution in [0.15, 0.2) is 18.2 Å². The highest BCUT2D eigenvalue weighted by molar-refractivity contribution is 5.79. The fourth-order valence-electron chi connectivity index (χ4n) is 2.66. The zero-order valence-corrected chi connectivity index (χ0v) is 13.9. The largest absolute Gasteiger partial charge is 0.357 e. The summed E-state index contributed by atoms with van der Waals surface area (Å²) in [4.78, 5) is 21.3. The summed E-state index contributed by atoms with van der Waals surface area (Å²) in [6.07, 6.45) is 1.82. The Balaban J connectivity index is 1.96. The van der Waals surface area contributed by atoms with Crippen LogP contribution in [0.3, 0.4) is 0 Å². The van der Waals surface area contributed by atoms with Gasteiger partial charge in [-0.3, -0.25) is 4.79 Å². The number of anilines is 1. The van der Waals surface area contributed by atoms with Gasteiger partial charge in [0.05, 0.1) is 0 Å². The number of amides is 1. The molecule has 4 heteroatoms. The molecular weight excluding hydrogens is 262 g/mol. The molecule has 0 aromatic carbocycles. The van der Waals surface area contributed by atoms with Gasteiger partial charge in [-0.15, -0.1) is 0 Å². The third-order valence-electron chi connectivity index (χ3n) is 4.38. The number of pyridine rings is 1. The number of carbonyl (C=O) groups is 1. The molecule has 0 spiro atoms. The predicted molar refractivity (Wildman–Crippen MR) is 86.4 cm³/mol. The Morgan fingerprint density at radius 3 is 2.43 bits per heavy atom. The van der Waals surface area contributed by atoms with Crippen molar-refractivity contribution in [1.82, 2.24) is 9.88 Å². The van der Waals surface area contributed by atoms with Crippen LogP contribution >= 0.6 is 0 Å². The van der Waals surface area contributed by atoms with Gasteiger partial charge in [-0.05, 0) is 52.7 Å². The van der Waals surface area contributed by atoms with Gasteiger partial charge in [0.2, 0.25) is 5.91 Å². The molecule has 1 amide bonds. The van der Waals surface area contributed by atoms with E-state index in [-0.39, 0.29) is 17.4 Å². The Hall–Kier alpha value is -1.58. The first-order valence-electron chi connectivity index (χ1n) is 7.75. The van der Waals surface area contributed by atoms with Crippen molar-refractivity contribution >= 4 is 11.7 Å². The molecule has 116 valence electrons. The van der Waals surface area contributed by atoms with Crippen LogP contribution in [0.4, 0.5) is 5.82 Å². The Labute approximate surface area is 128 Å². The average molecular weight is 289 g/mol. The molecule has 1 aromatic heterocycles. The zero-order valence-electron chi connectivity index (χ0n) is 13.9. The Kier molecular flexibility index (Phi) is 4.55. The topological polar surface area (TPSA) is 36.4 Å². The fraction of sp³-hybridized carbons (Fsp3) is 0.647. The normalized spacial score (nSPS) is 16.9. The van der Waals surface area contributed by atoms with Crippen molar-refractivity contribution in [3.8, 4) is 0 Å². The summed E-state index contributed by atoms with van der Waals surface area (Å²) in [5, 5.41) is 0. The number of aryl methyl sites for hydroxylation is 1. The smallest absolute Gasteiger partial charge is 0.225 e.